The molecule has 9 heteroatoms. The number of methoxy groups -OCH3 is 1. The van der Waals surface area contributed by atoms with Crippen LogP contribution in [-0.2, 0) is 9.59 Å². The fraction of sp³-hybridized carbons (Fsp3) is 0.0952. The van der Waals surface area contributed by atoms with Crippen LogP contribution in [0.25, 0.3) is 6.08 Å². The molecule has 3 rings (SSSR count). The molecule has 1 heterocycles. The average Bonchev–Trinajstić information content (AvgIpc) is 2.70. The molecule has 0 atom stereocenters. The summed E-state index contributed by atoms with van der Waals surface area (Å²) in [5.41, 5.74) is 0.710. The van der Waals surface area contributed by atoms with Gasteiger partial charge in [-0.05, 0) is 64.6 Å². The molecule has 7 nitrogen and oxygen atoms in total. The zero-order chi connectivity index (χ0) is 21.8. The third-order valence-electron chi connectivity index (χ3n) is 4.08. The van der Waals surface area contributed by atoms with Crippen LogP contribution in [0, 0.1) is 3.57 Å². The molecular formula is C21H16BrIN2O5. The van der Waals surface area contributed by atoms with Gasteiger partial charge in [-0.1, -0.05) is 34.7 Å². The number of benzene rings is 2. The van der Waals surface area contributed by atoms with E-state index in [1.807, 2.05) is 0 Å². The van der Waals surface area contributed by atoms with E-state index in [9.17, 15) is 14.4 Å². The first kappa shape index (κ1) is 22.0. The third kappa shape index (κ3) is 4.57. The minimum absolute atomic E-state index is 0.174. The van der Waals surface area contributed by atoms with Crippen molar-refractivity contribution in [1.29, 1.82) is 0 Å². The zero-order valence-corrected chi connectivity index (χ0v) is 19.5. The van der Waals surface area contributed by atoms with E-state index in [2.05, 4.69) is 50.4 Å². The van der Waals surface area contributed by atoms with Crippen LogP contribution in [0.2, 0.25) is 0 Å². The molecule has 0 bridgehead atoms. The maximum absolute atomic E-state index is 13.0. The van der Waals surface area contributed by atoms with Crippen LogP contribution in [0.5, 0.6) is 11.5 Å². The van der Waals surface area contributed by atoms with Gasteiger partial charge in [0.2, 0.25) is 0 Å². The second kappa shape index (κ2) is 9.43. The molecular weight excluding hydrogens is 567 g/mol. The summed E-state index contributed by atoms with van der Waals surface area (Å²) in [5.74, 6) is -0.510. The molecule has 0 aliphatic carbocycles. The summed E-state index contributed by atoms with van der Waals surface area (Å²) >= 11 is 5.39. The lowest BCUT2D eigenvalue weighted by Gasteiger charge is -2.26. The molecule has 1 saturated heterocycles. The number of urea groups is 1. The minimum atomic E-state index is -0.805. The van der Waals surface area contributed by atoms with Gasteiger partial charge in [-0.2, -0.15) is 0 Å². The lowest BCUT2D eigenvalue weighted by molar-refractivity contribution is -0.122. The standard InChI is InChI=1S/C21H16BrIN2O5/c1-3-7-30-18-16(23)9-12(10-17(18)29-2)8-15-19(26)24-21(28)25(20(15)27)14-6-4-5-13(22)11-14/h3-6,8-11H,1,7H2,2H3,(H,24,26,28)/b15-8-. The predicted octanol–water partition coefficient (Wildman–Crippen LogP) is 4.29. The van der Waals surface area contributed by atoms with Gasteiger partial charge in [0, 0.05) is 4.47 Å². The Morgan fingerprint density at radius 1 is 1.23 bits per heavy atom. The number of ether oxygens (including phenoxy) is 2. The predicted molar refractivity (Wildman–Crippen MR) is 125 cm³/mol. The number of hydrogen-bond donors (Lipinski definition) is 1. The third-order valence-corrected chi connectivity index (χ3v) is 5.37. The fourth-order valence-corrected chi connectivity index (χ4v) is 3.95. The summed E-state index contributed by atoms with van der Waals surface area (Å²) in [7, 11) is 1.50. The number of nitrogens with one attached hydrogen (secondary N) is 1. The monoisotopic (exact) mass is 582 g/mol. The maximum Gasteiger partial charge on any atom is 0.335 e. The van der Waals surface area contributed by atoms with Crippen molar-refractivity contribution in [2.45, 2.75) is 0 Å². The van der Waals surface area contributed by atoms with Crippen molar-refractivity contribution in [3.63, 3.8) is 0 Å². The van der Waals surface area contributed by atoms with Crippen molar-refractivity contribution in [2.24, 2.45) is 0 Å². The Hall–Kier alpha value is -2.66. The van der Waals surface area contributed by atoms with Crippen LogP contribution in [0.15, 0.2) is 59.1 Å². The molecule has 30 heavy (non-hydrogen) atoms. The summed E-state index contributed by atoms with van der Waals surface area (Å²) in [4.78, 5) is 38.6. The number of nitrogens with zero attached hydrogens (tertiary/aromatic N) is 1. The number of anilines is 1. The Kier molecular flexibility index (Phi) is 6.93. The van der Waals surface area contributed by atoms with Gasteiger partial charge in [0.15, 0.2) is 11.5 Å². The van der Waals surface area contributed by atoms with Gasteiger partial charge >= 0.3 is 6.03 Å². The van der Waals surface area contributed by atoms with Crippen LogP contribution in [0.1, 0.15) is 5.56 Å². The first-order chi connectivity index (χ1) is 14.3. The number of barbiturate groups is 1. The normalized spacial score (nSPS) is 15.2. The number of halogens is 2. The summed E-state index contributed by atoms with van der Waals surface area (Å²) in [5, 5.41) is 2.21. The van der Waals surface area contributed by atoms with Crippen molar-refractivity contribution in [3.8, 4) is 11.5 Å². The smallest absolute Gasteiger partial charge is 0.335 e. The molecule has 1 fully saturated rings. The average molecular weight is 583 g/mol. The van der Waals surface area contributed by atoms with E-state index in [1.165, 1.54) is 13.2 Å². The summed E-state index contributed by atoms with van der Waals surface area (Å²) < 4.78 is 12.4. The topological polar surface area (TPSA) is 84.9 Å². The van der Waals surface area contributed by atoms with Crippen molar-refractivity contribution in [3.05, 3.63) is 68.2 Å². The molecule has 1 N–H and O–H groups in total. The van der Waals surface area contributed by atoms with Crippen molar-refractivity contribution < 1.29 is 23.9 Å². The van der Waals surface area contributed by atoms with Crippen LogP contribution in [0.3, 0.4) is 0 Å². The largest absolute Gasteiger partial charge is 0.493 e. The number of hydrogen-bond acceptors (Lipinski definition) is 5. The number of rotatable bonds is 6. The molecule has 1 aliphatic heterocycles. The molecule has 2 aromatic rings. The molecule has 0 radical (unpaired) electrons. The number of amides is 4. The Bertz CT molecular complexity index is 1080. The quantitative estimate of drug-likeness (QED) is 0.238. The van der Waals surface area contributed by atoms with E-state index >= 15 is 0 Å². The molecule has 2 aromatic carbocycles. The summed E-state index contributed by atoms with van der Waals surface area (Å²) in [6.07, 6.45) is 3.03. The Morgan fingerprint density at radius 2 is 2.00 bits per heavy atom. The Morgan fingerprint density at radius 3 is 2.67 bits per heavy atom. The lowest BCUT2D eigenvalue weighted by atomic mass is 10.1. The summed E-state index contributed by atoms with van der Waals surface area (Å²) in [6, 6.07) is 9.26. The SMILES string of the molecule is C=CCOc1c(I)cc(/C=C2/C(=O)NC(=O)N(c3cccc(Br)c3)C2=O)cc1OC. The van der Waals surface area contributed by atoms with Crippen LogP contribution < -0.4 is 19.7 Å². The molecule has 1 aliphatic rings. The van der Waals surface area contributed by atoms with Crippen molar-refractivity contribution in [1.82, 2.24) is 5.32 Å². The van der Waals surface area contributed by atoms with Gasteiger partial charge in [-0.15, -0.1) is 0 Å². The first-order valence-corrected chi connectivity index (χ1v) is 10.5. The molecule has 0 saturated carbocycles. The number of imide groups is 2. The second-order valence-electron chi connectivity index (χ2n) is 6.07. The van der Waals surface area contributed by atoms with Gasteiger partial charge in [0.25, 0.3) is 11.8 Å². The summed E-state index contributed by atoms with van der Waals surface area (Å²) in [6.45, 7) is 3.92. The number of carbonyl (C=O) groups excluding carboxylic acids is 3. The fourth-order valence-electron chi connectivity index (χ4n) is 2.78. The highest BCUT2D eigenvalue weighted by atomic mass is 127. The highest BCUT2D eigenvalue weighted by Gasteiger charge is 2.36. The molecule has 4 amide bonds. The highest BCUT2D eigenvalue weighted by Crippen LogP contribution is 2.35. The van der Waals surface area contributed by atoms with Gasteiger partial charge in [-0.25, -0.2) is 9.69 Å². The van der Waals surface area contributed by atoms with E-state index in [-0.39, 0.29) is 5.57 Å². The van der Waals surface area contributed by atoms with Crippen LogP contribution >= 0.6 is 38.5 Å². The minimum Gasteiger partial charge on any atom is -0.493 e. The van der Waals surface area contributed by atoms with E-state index < -0.39 is 17.8 Å². The lowest BCUT2D eigenvalue weighted by Crippen LogP contribution is -2.54. The van der Waals surface area contributed by atoms with Gasteiger partial charge in [0.05, 0.1) is 16.4 Å². The maximum atomic E-state index is 13.0. The molecule has 154 valence electrons. The van der Waals surface area contributed by atoms with E-state index in [0.717, 1.165) is 8.47 Å². The first-order valence-electron chi connectivity index (χ1n) is 8.64. The van der Waals surface area contributed by atoms with E-state index in [0.29, 0.717) is 33.8 Å². The van der Waals surface area contributed by atoms with Gasteiger partial charge in [0.1, 0.15) is 12.2 Å². The molecule has 0 aromatic heterocycles. The van der Waals surface area contributed by atoms with E-state index in [4.69, 9.17) is 9.47 Å². The zero-order valence-electron chi connectivity index (χ0n) is 15.8. The Balaban J connectivity index is 2.02. The van der Waals surface area contributed by atoms with Crippen LogP contribution in [-0.4, -0.2) is 31.6 Å². The Labute approximate surface area is 195 Å². The number of carbonyl (C=O) groups is 3. The van der Waals surface area contributed by atoms with Gasteiger partial charge < -0.3 is 9.47 Å². The second-order valence-corrected chi connectivity index (χ2v) is 8.15. The van der Waals surface area contributed by atoms with Crippen LogP contribution in [0.4, 0.5) is 10.5 Å². The highest BCUT2D eigenvalue weighted by molar-refractivity contribution is 14.1. The van der Waals surface area contributed by atoms with Crippen molar-refractivity contribution in [2.75, 3.05) is 18.6 Å². The molecule has 0 spiro atoms. The van der Waals surface area contributed by atoms with Gasteiger partial charge in [-0.3, -0.25) is 14.9 Å². The van der Waals surface area contributed by atoms with E-state index in [1.54, 1.807) is 42.5 Å². The molecule has 0 unspecified atom stereocenters. The van der Waals surface area contributed by atoms with Crippen molar-refractivity contribution >= 4 is 68.1 Å².